The Morgan fingerprint density at radius 2 is 2.04 bits per heavy atom. The van der Waals surface area contributed by atoms with Gasteiger partial charge in [0.1, 0.15) is 0 Å². The molecule has 0 saturated heterocycles. The number of hydrazone groups is 1. The first-order valence-corrected chi connectivity index (χ1v) is 7.36. The molecule has 2 rings (SSSR count). The monoisotopic (exact) mass is 348 g/mol. The molecule has 0 aliphatic carbocycles. The van der Waals surface area contributed by atoms with E-state index in [-0.39, 0.29) is 10.8 Å². The van der Waals surface area contributed by atoms with Gasteiger partial charge in [0.25, 0.3) is 5.69 Å². The molecule has 0 amide bonds. The number of nitrogens with zero attached hydrogens (tertiary/aromatic N) is 2. The standard InChI is InChI=1S/C15H13ClN4O2S/c1-10-12(16)6-4-7-13(10)18-15(23)19-17-9-11-5-2-3-8-14(11)20(21)22/h2-9H,1H3,(H2,18,19,23)/b17-9-. The van der Waals surface area contributed by atoms with Gasteiger partial charge >= 0.3 is 0 Å². The van der Waals surface area contributed by atoms with E-state index in [0.29, 0.717) is 10.6 Å². The van der Waals surface area contributed by atoms with E-state index in [0.717, 1.165) is 11.3 Å². The molecule has 0 saturated carbocycles. The van der Waals surface area contributed by atoms with Gasteiger partial charge in [0.05, 0.1) is 16.7 Å². The summed E-state index contributed by atoms with van der Waals surface area (Å²) < 4.78 is 0. The third kappa shape index (κ3) is 4.48. The molecule has 8 heteroatoms. The number of nitro groups is 1. The second-order valence-electron chi connectivity index (χ2n) is 4.55. The Kier molecular flexibility index (Phi) is 5.61. The summed E-state index contributed by atoms with van der Waals surface area (Å²) in [5.74, 6) is 0. The number of halogens is 1. The number of nitrogens with one attached hydrogen (secondary N) is 2. The summed E-state index contributed by atoms with van der Waals surface area (Å²) in [6, 6.07) is 11.7. The van der Waals surface area contributed by atoms with Crippen molar-refractivity contribution in [3.8, 4) is 0 Å². The van der Waals surface area contributed by atoms with Gasteiger partial charge < -0.3 is 5.32 Å². The maximum absolute atomic E-state index is 10.9. The molecule has 0 radical (unpaired) electrons. The number of thiocarbonyl (C=S) groups is 1. The van der Waals surface area contributed by atoms with E-state index in [2.05, 4.69) is 15.8 Å². The minimum atomic E-state index is -0.465. The van der Waals surface area contributed by atoms with Gasteiger partial charge in [-0.25, -0.2) is 0 Å². The highest BCUT2D eigenvalue weighted by molar-refractivity contribution is 7.80. The highest BCUT2D eigenvalue weighted by Gasteiger charge is 2.10. The first kappa shape index (κ1) is 16.9. The summed E-state index contributed by atoms with van der Waals surface area (Å²) in [6.45, 7) is 1.86. The SMILES string of the molecule is Cc1c(Cl)cccc1NC(=S)N/N=C\c1ccccc1[N+](=O)[O-]. The van der Waals surface area contributed by atoms with Crippen LogP contribution in [-0.4, -0.2) is 16.3 Å². The zero-order valence-corrected chi connectivity index (χ0v) is 13.7. The van der Waals surface area contributed by atoms with Crippen LogP contribution in [0.1, 0.15) is 11.1 Å². The number of anilines is 1. The Balaban J connectivity index is 2.02. The summed E-state index contributed by atoms with van der Waals surface area (Å²) in [4.78, 5) is 10.4. The van der Waals surface area contributed by atoms with Gasteiger partial charge in [-0.2, -0.15) is 5.10 Å². The van der Waals surface area contributed by atoms with E-state index < -0.39 is 4.92 Å². The topological polar surface area (TPSA) is 79.6 Å². The molecule has 2 aromatic rings. The van der Waals surface area contributed by atoms with Gasteiger partial charge in [-0.3, -0.25) is 15.5 Å². The lowest BCUT2D eigenvalue weighted by Crippen LogP contribution is -2.24. The molecule has 0 aliphatic heterocycles. The van der Waals surface area contributed by atoms with Crippen LogP contribution in [0.2, 0.25) is 5.02 Å². The summed E-state index contributed by atoms with van der Waals surface area (Å²) >= 11 is 11.2. The zero-order valence-electron chi connectivity index (χ0n) is 12.1. The van der Waals surface area contributed by atoms with Gasteiger partial charge in [-0.1, -0.05) is 29.8 Å². The highest BCUT2D eigenvalue weighted by Crippen LogP contribution is 2.22. The predicted molar refractivity (Wildman–Crippen MR) is 96.2 cm³/mol. The van der Waals surface area contributed by atoms with Crippen molar-refractivity contribution in [2.24, 2.45) is 5.10 Å². The third-order valence-corrected chi connectivity index (χ3v) is 3.62. The number of rotatable bonds is 4. The third-order valence-electron chi connectivity index (χ3n) is 3.02. The molecule has 6 nitrogen and oxygen atoms in total. The molecule has 2 N–H and O–H groups in total. The molecule has 0 atom stereocenters. The van der Waals surface area contributed by atoms with Gasteiger partial charge in [0.15, 0.2) is 5.11 Å². The minimum absolute atomic E-state index is 0.0254. The molecule has 0 heterocycles. The molecular weight excluding hydrogens is 336 g/mol. The lowest BCUT2D eigenvalue weighted by molar-refractivity contribution is -0.385. The van der Waals surface area contributed by atoms with Crippen molar-refractivity contribution in [1.29, 1.82) is 0 Å². The minimum Gasteiger partial charge on any atom is -0.331 e. The van der Waals surface area contributed by atoms with Crippen LogP contribution in [-0.2, 0) is 0 Å². The summed E-state index contributed by atoms with van der Waals surface area (Å²) in [7, 11) is 0. The fourth-order valence-electron chi connectivity index (χ4n) is 1.82. The summed E-state index contributed by atoms with van der Waals surface area (Å²) in [6.07, 6.45) is 1.34. The van der Waals surface area contributed by atoms with E-state index in [1.165, 1.54) is 12.3 Å². The highest BCUT2D eigenvalue weighted by atomic mass is 35.5. The van der Waals surface area contributed by atoms with Gasteiger partial charge in [0, 0.05) is 16.8 Å². The molecule has 0 aliphatic rings. The van der Waals surface area contributed by atoms with E-state index in [1.54, 1.807) is 30.3 Å². The zero-order chi connectivity index (χ0) is 16.8. The lowest BCUT2D eigenvalue weighted by Gasteiger charge is -2.10. The van der Waals surface area contributed by atoms with Crippen molar-refractivity contribution < 1.29 is 4.92 Å². The second-order valence-corrected chi connectivity index (χ2v) is 5.37. The molecule has 0 spiro atoms. The Labute approximate surface area is 143 Å². The smallest absolute Gasteiger partial charge is 0.278 e. The Hall–Kier alpha value is -2.51. The molecule has 23 heavy (non-hydrogen) atoms. The number of para-hydroxylation sites is 1. The Morgan fingerprint density at radius 1 is 1.30 bits per heavy atom. The van der Waals surface area contributed by atoms with E-state index >= 15 is 0 Å². The molecule has 0 aromatic heterocycles. The van der Waals surface area contributed by atoms with Gasteiger partial charge in [-0.05, 0) is 42.9 Å². The van der Waals surface area contributed by atoms with Crippen LogP contribution in [0.4, 0.5) is 11.4 Å². The summed E-state index contributed by atoms with van der Waals surface area (Å²) in [5.41, 5.74) is 4.59. The Morgan fingerprint density at radius 3 is 2.78 bits per heavy atom. The average molecular weight is 349 g/mol. The van der Waals surface area contributed by atoms with Crippen LogP contribution < -0.4 is 10.7 Å². The molecular formula is C15H13ClN4O2S. The van der Waals surface area contributed by atoms with E-state index in [4.69, 9.17) is 23.8 Å². The first-order valence-electron chi connectivity index (χ1n) is 6.57. The first-order chi connectivity index (χ1) is 11.0. The number of benzene rings is 2. The summed E-state index contributed by atoms with van der Waals surface area (Å²) in [5, 5.41) is 18.7. The van der Waals surface area contributed by atoms with Gasteiger partial charge in [-0.15, -0.1) is 0 Å². The Bertz CT molecular complexity index is 780. The molecule has 118 valence electrons. The molecule has 0 unspecified atom stereocenters. The maximum atomic E-state index is 10.9. The largest absolute Gasteiger partial charge is 0.331 e. The number of hydrogen-bond donors (Lipinski definition) is 2. The second kappa shape index (κ2) is 7.66. The quantitative estimate of drug-likeness (QED) is 0.379. The maximum Gasteiger partial charge on any atom is 0.278 e. The van der Waals surface area contributed by atoms with Crippen molar-refractivity contribution in [2.45, 2.75) is 6.92 Å². The van der Waals surface area contributed by atoms with Crippen LogP contribution in [0.5, 0.6) is 0 Å². The van der Waals surface area contributed by atoms with Crippen molar-refractivity contribution in [1.82, 2.24) is 5.43 Å². The van der Waals surface area contributed by atoms with Crippen LogP contribution >= 0.6 is 23.8 Å². The fraction of sp³-hybridized carbons (Fsp3) is 0.0667. The molecule has 0 fully saturated rings. The lowest BCUT2D eigenvalue weighted by atomic mass is 10.2. The van der Waals surface area contributed by atoms with Crippen molar-refractivity contribution >= 4 is 46.5 Å². The van der Waals surface area contributed by atoms with Crippen molar-refractivity contribution in [3.63, 3.8) is 0 Å². The van der Waals surface area contributed by atoms with Crippen LogP contribution in [0, 0.1) is 17.0 Å². The predicted octanol–water partition coefficient (Wildman–Crippen LogP) is 3.88. The normalized spacial score (nSPS) is 10.5. The van der Waals surface area contributed by atoms with Gasteiger partial charge in [0.2, 0.25) is 0 Å². The number of hydrogen-bond acceptors (Lipinski definition) is 4. The van der Waals surface area contributed by atoms with E-state index in [9.17, 15) is 10.1 Å². The fourth-order valence-corrected chi connectivity index (χ4v) is 2.15. The van der Waals surface area contributed by atoms with E-state index in [1.807, 2.05) is 13.0 Å². The average Bonchev–Trinajstić information content (AvgIpc) is 2.52. The molecule has 2 aromatic carbocycles. The van der Waals surface area contributed by atoms with Crippen LogP contribution in [0.3, 0.4) is 0 Å². The van der Waals surface area contributed by atoms with Crippen LogP contribution in [0.15, 0.2) is 47.6 Å². The molecule has 0 bridgehead atoms. The van der Waals surface area contributed by atoms with Crippen molar-refractivity contribution in [2.75, 3.05) is 5.32 Å². The number of nitro benzene ring substituents is 1. The van der Waals surface area contributed by atoms with Crippen LogP contribution in [0.25, 0.3) is 0 Å². The van der Waals surface area contributed by atoms with Crippen molar-refractivity contribution in [3.05, 3.63) is 68.7 Å².